The van der Waals surface area contributed by atoms with Gasteiger partial charge in [0.2, 0.25) is 0 Å². The van der Waals surface area contributed by atoms with Crippen LogP contribution in [0.2, 0.25) is 0 Å². The number of rotatable bonds is 10. The highest BCUT2D eigenvalue weighted by Gasteiger charge is 2.58. The highest BCUT2D eigenvalue weighted by Crippen LogP contribution is 2.44. The molecule has 1 saturated heterocycles. The fourth-order valence-corrected chi connectivity index (χ4v) is 5.44. The minimum absolute atomic E-state index is 0.0196. The van der Waals surface area contributed by atoms with Crippen LogP contribution in [0.3, 0.4) is 0 Å². The van der Waals surface area contributed by atoms with Crippen LogP contribution in [-0.4, -0.2) is 48.5 Å². The quantitative estimate of drug-likeness (QED) is 0.420. The summed E-state index contributed by atoms with van der Waals surface area (Å²) in [5.41, 5.74) is 0.202. The van der Waals surface area contributed by atoms with E-state index in [1.807, 2.05) is 0 Å². The zero-order valence-electron chi connectivity index (χ0n) is 22.9. The van der Waals surface area contributed by atoms with Gasteiger partial charge in [-0.25, -0.2) is 0 Å². The van der Waals surface area contributed by atoms with Crippen LogP contribution in [0.15, 0.2) is 48.5 Å². The van der Waals surface area contributed by atoms with Crippen molar-refractivity contribution >= 4 is 5.91 Å². The zero-order chi connectivity index (χ0) is 29.3. The summed E-state index contributed by atoms with van der Waals surface area (Å²) < 4.78 is 67.3. The van der Waals surface area contributed by atoms with Crippen molar-refractivity contribution in [3.8, 4) is 11.8 Å². The lowest BCUT2D eigenvalue weighted by atomic mass is 9.78. The van der Waals surface area contributed by atoms with Crippen LogP contribution in [0.25, 0.3) is 0 Å². The number of carbonyl (C=O) groups excluding carboxylic acids is 1. The number of halogens is 3. The molecule has 0 radical (unpaired) electrons. The van der Waals surface area contributed by atoms with Gasteiger partial charge < -0.3 is 29.0 Å². The van der Waals surface area contributed by atoms with Crippen LogP contribution in [0.5, 0.6) is 5.75 Å². The molecule has 3 aliphatic rings. The number of benzene rings is 2. The molecule has 3 fully saturated rings. The number of nitrogens with zero attached hydrogens (tertiary/aromatic N) is 1. The SMILES string of the molecule is CC1(C)O[C@H]2[C@@H](OCc3cccc(OC(F)(F)F)c3)C[C@](OCc3ccccc3C#N)(C(=O)NCC3CC3)C[C@H]2O1. The largest absolute Gasteiger partial charge is 0.573 e. The fourth-order valence-electron chi connectivity index (χ4n) is 5.44. The molecular formula is C30H33F3N2O6. The molecule has 1 heterocycles. The highest BCUT2D eigenvalue weighted by atomic mass is 19.4. The summed E-state index contributed by atoms with van der Waals surface area (Å²) in [4.78, 5) is 13.8. The topological polar surface area (TPSA) is 99.0 Å². The van der Waals surface area contributed by atoms with Crippen LogP contribution in [-0.2, 0) is 37.0 Å². The number of amides is 1. The number of carbonyl (C=O) groups is 1. The Labute approximate surface area is 236 Å². The Morgan fingerprint density at radius 1 is 1.10 bits per heavy atom. The van der Waals surface area contributed by atoms with Crippen LogP contribution < -0.4 is 10.1 Å². The molecule has 1 aliphatic heterocycles. The van der Waals surface area contributed by atoms with Gasteiger partial charge in [-0.1, -0.05) is 30.3 Å². The Balaban J connectivity index is 1.39. The van der Waals surface area contributed by atoms with Crippen molar-refractivity contribution in [2.45, 2.75) is 88.8 Å². The van der Waals surface area contributed by atoms with Crippen molar-refractivity contribution in [3.05, 3.63) is 65.2 Å². The Hall–Kier alpha value is -3.17. The highest BCUT2D eigenvalue weighted by molar-refractivity contribution is 5.85. The van der Waals surface area contributed by atoms with Gasteiger partial charge in [-0.3, -0.25) is 4.79 Å². The third kappa shape index (κ3) is 7.38. The number of alkyl halides is 3. The van der Waals surface area contributed by atoms with E-state index in [-0.39, 0.29) is 37.7 Å². The smallest absolute Gasteiger partial charge is 0.406 e. The summed E-state index contributed by atoms with van der Waals surface area (Å²) in [7, 11) is 0. The van der Waals surface area contributed by atoms with Gasteiger partial charge in [-0.05, 0) is 61.9 Å². The summed E-state index contributed by atoms with van der Waals surface area (Å²) in [5.74, 6) is -1.14. The van der Waals surface area contributed by atoms with E-state index >= 15 is 0 Å². The maximum absolute atomic E-state index is 13.8. The number of hydrogen-bond donors (Lipinski definition) is 1. The maximum Gasteiger partial charge on any atom is 0.573 e. The van der Waals surface area contributed by atoms with Crippen molar-refractivity contribution in [1.29, 1.82) is 5.26 Å². The molecule has 0 spiro atoms. The molecule has 5 rings (SSSR count). The molecular weight excluding hydrogens is 541 g/mol. The molecule has 0 bridgehead atoms. The number of nitriles is 1. The van der Waals surface area contributed by atoms with E-state index < -0.39 is 36.1 Å². The minimum atomic E-state index is -4.81. The molecule has 2 saturated carbocycles. The van der Waals surface area contributed by atoms with Crippen LogP contribution in [0, 0.1) is 17.2 Å². The van der Waals surface area contributed by atoms with Gasteiger partial charge in [0, 0.05) is 19.4 Å². The predicted molar refractivity (Wildman–Crippen MR) is 139 cm³/mol. The molecule has 8 nitrogen and oxygen atoms in total. The van der Waals surface area contributed by atoms with E-state index in [0.717, 1.165) is 12.8 Å². The number of hydrogen-bond acceptors (Lipinski definition) is 7. The molecule has 1 amide bonds. The molecule has 11 heteroatoms. The van der Waals surface area contributed by atoms with Gasteiger partial charge in [0.15, 0.2) is 11.4 Å². The number of ether oxygens (including phenoxy) is 5. The minimum Gasteiger partial charge on any atom is -0.406 e. The van der Waals surface area contributed by atoms with Crippen molar-refractivity contribution in [2.75, 3.05) is 6.54 Å². The van der Waals surface area contributed by atoms with E-state index in [1.54, 1.807) is 44.2 Å². The Bertz CT molecular complexity index is 1290. The van der Waals surface area contributed by atoms with E-state index in [2.05, 4.69) is 16.1 Å². The van der Waals surface area contributed by atoms with E-state index in [9.17, 15) is 23.2 Å². The first-order chi connectivity index (χ1) is 19.5. The first-order valence-electron chi connectivity index (χ1n) is 13.7. The first kappa shape index (κ1) is 29.3. The van der Waals surface area contributed by atoms with Gasteiger partial charge in [0.25, 0.3) is 5.91 Å². The van der Waals surface area contributed by atoms with Crippen LogP contribution >= 0.6 is 0 Å². The third-order valence-corrected chi connectivity index (χ3v) is 7.55. The Kier molecular flexibility index (Phi) is 8.30. The zero-order valence-corrected chi connectivity index (χ0v) is 22.9. The lowest BCUT2D eigenvalue weighted by Crippen LogP contribution is -2.60. The predicted octanol–water partition coefficient (Wildman–Crippen LogP) is 5.14. The monoisotopic (exact) mass is 574 g/mol. The normalized spacial score (nSPS) is 27.1. The lowest BCUT2D eigenvalue weighted by molar-refractivity contribution is -0.274. The van der Waals surface area contributed by atoms with Gasteiger partial charge in [0.05, 0.1) is 37.1 Å². The molecule has 2 aliphatic carbocycles. The van der Waals surface area contributed by atoms with Gasteiger partial charge in [-0.15, -0.1) is 13.2 Å². The second-order valence-electron chi connectivity index (χ2n) is 11.3. The van der Waals surface area contributed by atoms with Gasteiger partial charge in [-0.2, -0.15) is 5.26 Å². The summed E-state index contributed by atoms with van der Waals surface area (Å²) in [6, 6.07) is 14.7. The van der Waals surface area contributed by atoms with Crippen molar-refractivity contribution in [3.63, 3.8) is 0 Å². The van der Waals surface area contributed by atoms with Gasteiger partial charge in [0.1, 0.15) is 11.9 Å². The number of fused-ring (bicyclic) bond motifs is 1. The molecule has 1 N–H and O–H groups in total. The Morgan fingerprint density at radius 3 is 2.61 bits per heavy atom. The summed E-state index contributed by atoms with van der Waals surface area (Å²) >= 11 is 0. The third-order valence-electron chi connectivity index (χ3n) is 7.55. The maximum atomic E-state index is 13.8. The Morgan fingerprint density at radius 2 is 1.88 bits per heavy atom. The van der Waals surface area contributed by atoms with Crippen LogP contribution in [0.1, 0.15) is 56.2 Å². The summed E-state index contributed by atoms with van der Waals surface area (Å²) in [5, 5.41) is 12.6. The average molecular weight is 575 g/mol. The van der Waals surface area contributed by atoms with Crippen molar-refractivity contribution < 1.29 is 41.7 Å². The standard InChI is InChI=1S/C30H33F3N2O6/c1-28(2)40-25-14-29(27(36)35-16-19-10-11-19,38-18-22-8-4-3-7-21(22)15-34)13-24(26(25)41-28)37-17-20-6-5-9-23(12-20)39-30(31,32)33/h3-9,12,19,24-26H,10-11,13-14,16-18H2,1-2H3,(H,35,36)/t24-,25+,26-,29+/m0/s1. The molecule has 2 aromatic rings. The fraction of sp³-hybridized carbons (Fsp3) is 0.533. The summed E-state index contributed by atoms with van der Waals surface area (Å²) in [6.45, 7) is 4.06. The molecule has 4 atom stereocenters. The van der Waals surface area contributed by atoms with E-state index in [4.69, 9.17) is 18.9 Å². The first-order valence-corrected chi connectivity index (χ1v) is 13.7. The van der Waals surface area contributed by atoms with E-state index in [0.29, 0.717) is 29.2 Å². The molecule has 0 aromatic heterocycles. The second kappa shape index (κ2) is 11.6. The van der Waals surface area contributed by atoms with E-state index in [1.165, 1.54) is 18.2 Å². The second-order valence-corrected chi connectivity index (χ2v) is 11.3. The molecule has 0 unspecified atom stereocenters. The summed E-state index contributed by atoms with van der Waals surface area (Å²) in [6.07, 6.45) is -4.12. The van der Waals surface area contributed by atoms with Crippen molar-refractivity contribution in [2.24, 2.45) is 5.92 Å². The lowest BCUT2D eigenvalue weighted by Gasteiger charge is -2.43. The average Bonchev–Trinajstić information content (AvgIpc) is 3.69. The van der Waals surface area contributed by atoms with Gasteiger partial charge >= 0.3 is 6.36 Å². The molecule has 41 heavy (non-hydrogen) atoms. The van der Waals surface area contributed by atoms with Crippen molar-refractivity contribution in [1.82, 2.24) is 5.32 Å². The van der Waals surface area contributed by atoms with Crippen LogP contribution in [0.4, 0.5) is 13.2 Å². The number of nitrogens with one attached hydrogen (secondary N) is 1. The molecule has 2 aromatic carbocycles. The molecule has 220 valence electrons.